The highest BCUT2D eigenvalue weighted by atomic mass is 35.5. The van der Waals surface area contributed by atoms with Crippen LogP contribution in [0.1, 0.15) is 12.0 Å². The first kappa shape index (κ1) is 15.2. The van der Waals surface area contributed by atoms with E-state index in [1.54, 1.807) is 0 Å². The van der Waals surface area contributed by atoms with E-state index in [4.69, 9.17) is 4.42 Å². The van der Waals surface area contributed by atoms with Crippen molar-refractivity contribution in [1.29, 1.82) is 0 Å². The van der Waals surface area contributed by atoms with E-state index in [9.17, 15) is 4.79 Å². The zero-order chi connectivity index (χ0) is 13.8. The summed E-state index contributed by atoms with van der Waals surface area (Å²) in [6, 6.07) is 16.1. The molecule has 0 saturated heterocycles. The average molecular weight is 305 g/mol. The van der Waals surface area contributed by atoms with Crippen molar-refractivity contribution >= 4 is 29.2 Å². The monoisotopic (exact) mass is 304 g/mol. The minimum atomic E-state index is -0.416. The van der Waals surface area contributed by atoms with Gasteiger partial charge in [-0.25, -0.2) is 4.79 Å². The second kappa shape index (κ2) is 6.99. The second-order valence-electron chi connectivity index (χ2n) is 4.74. The summed E-state index contributed by atoms with van der Waals surface area (Å²) in [5.41, 5.74) is 3.63. The van der Waals surface area contributed by atoms with Crippen LogP contribution in [0.4, 0.5) is 5.69 Å². The number of halogens is 1. The fraction of sp³-hybridized carbons (Fsp3) is 0.188. The Kier molecular flexibility index (Phi) is 5.06. The fourth-order valence-corrected chi connectivity index (χ4v) is 2.23. The SMILES string of the molecule is Cl.O=c1[nH]c2ccc(NCCCc3ccccc3)cc2o1. The van der Waals surface area contributed by atoms with Crippen LogP contribution in [0.15, 0.2) is 57.7 Å². The Labute approximate surface area is 128 Å². The molecule has 0 saturated carbocycles. The van der Waals surface area contributed by atoms with Crippen molar-refractivity contribution in [2.75, 3.05) is 11.9 Å². The lowest BCUT2D eigenvalue weighted by atomic mass is 10.1. The molecule has 0 atom stereocenters. The first-order chi connectivity index (χ1) is 9.81. The summed E-state index contributed by atoms with van der Waals surface area (Å²) in [6.07, 6.45) is 2.11. The van der Waals surface area contributed by atoms with Crippen LogP contribution in [0.2, 0.25) is 0 Å². The highest BCUT2D eigenvalue weighted by Gasteiger charge is 2.01. The summed E-state index contributed by atoms with van der Waals surface area (Å²) in [7, 11) is 0. The van der Waals surface area contributed by atoms with Gasteiger partial charge in [0.25, 0.3) is 0 Å². The summed E-state index contributed by atoms with van der Waals surface area (Å²) in [5, 5.41) is 3.34. The lowest BCUT2D eigenvalue weighted by Crippen LogP contribution is -2.02. The number of hydrogen-bond acceptors (Lipinski definition) is 3. The lowest BCUT2D eigenvalue weighted by molar-refractivity contribution is 0.555. The van der Waals surface area contributed by atoms with Gasteiger partial charge in [0, 0.05) is 18.3 Å². The Hall–Kier alpha value is -2.20. The molecule has 0 aliphatic heterocycles. The second-order valence-corrected chi connectivity index (χ2v) is 4.74. The van der Waals surface area contributed by atoms with Gasteiger partial charge >= 0.3 is 5.76 Å². The molecule has 2 N–H and O–H groups in total. The molecule has 2 aromatic carbocycles. The Bertz CT molecular complexity index is 750. The molecule has 0 spiro atoms. The van der Waals surface area contributed by atoms with Crippen molar-refractivity contribution < 1.29 is 4.42 Å². The number of aryl methyl sites for hydroxylation is 1. The number of anilines is 1. The van der Waals surface area contributed by atoms with E-state index in [1.165, 1.54) is 5.56 Å². The minimum Gasteiger partial charge on any atom is -0.408 e. The molecule has 0 radical (unpaired) electrons. The van der Waals surface area contributed by atoms with Gasteiger partial charge in [-0.3, -0.25) is 4.98 Å². The molecule has 21 heavy (non-hydrogen) atoms. The van der Waals surface area contributed by atoms with Gasteiger partial charge < -0.3 is 9.73 Å². The van der Waals surface area contributed by atoms with E-state index in [-0.39, 0.29) is 12.4 Å². The molecule has 3 aromatic rings. The van der Waals surface area contributed by atoms with Crippen molar-refractivity contribution in [3.05, 3.63) is 64.6 Å². The van der Waals surface area contributed by atoms with E-state index in [0.717, 1.165) is 30.6 Å². The number of benzene rings is 2. The predicted octanol–water partition coefficient (Wildman–Crippen LogP) is 3.59. The fourth-order valence-electron chi connectivity index (χ4n) is 2.23. The number of aromatic nitrogens is 1. The third-order valence-electron chi connectivity index (χ3n) is 3.24. The molecule has 0 aliphatic carbocycles. The largest absolute Gasteiger partial charge is 0.417 e. The Morgan fingerprint density at radius 1 is 1.10 bits per heavy atom. The highest BCUT2D eigenvalue weighted by Crippen LogP contribution is 2.16. The van der Waals surface area contributed by atoms with Gasteiger partial charge in [0.15, 0.2) is 5.58 Å². The number of aromatic amines is 1. The van der Waals surface area contributed by atoms with Crippen LogP contribution in [0.3, 0.4) is 0 Å². The summed E-state index contributed by atoms with van der Waals surface area (Å²) < 4.78 is 5.03. The third-order valence-corrected chi connectivity index (χ3v) is 3.24. The number of oxazole rings is 1. The van der Waals surface area contributed by atoms with E-state index < -0.39 is 5.76 Å². The van der Waals surface area contributed by atoms with Crippen LogP contribution >= 0.6 is 12.4 Å². The first-order valence-corrected chi connectivity index (χ1v) is 6.72. The van der Waals surface area contributed by atoms with Crippen molar-refractivity contribution in [3.63, 3.8) is 0 Å². The minimum absolute atomic E-state index is 0. The van der Waals surface area contributed by atoms with Crippen molar-refractivity contribution in [2.45, 2.75) is 12.8 Å². The Morgan fingerprint density at radius 2 is 1.90 bits per heavy atom. The molecule has 1 aromatic heterocycles. The van der Waals surface area contributed by atoms with Gasteiger partial charge in [-0.05, 0) is 30.5 Å². The number of H-pyrrole nitrogens is 1. The maximum atomic E-state index is 11.1. The van der Waals surface area contributed by atoms with Crippen LogP contribution in [0.5, 0.6) is 0 Å². The van der Waals surface area contributed by atoms with Gasteiger partial charge in [0.2, 0.25) is 0 Å². The summed E-state index contributed by atoms with van der Waals surface area (Å²) in [5.74, 6) is -0.416. The van der Waals surface area contributed by atoms with Crippen LogP contribution < -0.4 is 11.1 Å². The molecule has 1 heterocycles. The molecule has 0 bridgehead atoms. The van der Waals surface area contributed by atoms with Crippen molar-refractivity contribution in [3.8, 4) is 0 Å². The Balaban J connectivity index is 0.00000161. The number of rotatable bonds is 5. The molecule has 0 amide bonds. The maximum Gasteiger partial charge on any atom is 0.417 e. The van der Waals surface area contributed by atoms with E-state index in [0.29, 0.717) is 5.58 Å². The topological polar surface area (TPSA) is 58.0 Å². The van der Waals surface area contributed by atoms with Crippen molar-refractivity contribution in [2.24, 2.45) is 0 Å². The highest BCUT2D eigenvalue weighted by molar-refractivity contribution is 5.85. The zero-order valence-corrected chi connectivity index (χ0v) is 12.3. The van der Waals surface area contributed by atoms with Crippen LogP contribution in [-0.2, 0) is 6.42 Å². The average Bonchev–Trinajstić information content (AvgIpc) is 2.84. The molecule has 0 fully saturated rings. The molecule has 4 nitrogen and oxygen atoms in total. The van der Waals surface area contributed by atoms with Gasteiger partial charge in [0.1, 0.15) is 0 Å². The molecular formula is C16H17ClN2O2. The zero-order valence-electron chi connectivity index (χ0n) is 11.5. The van der Waals surface area contributed by atoms with Gasteiger partial charge in [0.05, 0.1) is 5.52 Å². The first-order valence-electron chi connectivity index (χ1n) is 6.72. The van der Waals surface area contributed by atoms with Crippen LogP contribution in [0, 0.1) is 0 Å². The van der Waals surface area contributed by atoms with Gasteiger partial charge in [-0.15, -0.1) is 12.4 Å². The molecular weight excluding hydrogens is 288 g/mol. The Morgan fingerprint density at radius 3 is 2.71 bits per heavy atom. The van der Waals surface area contributed by atoms with Crippen molar-refractivity contribution in [1.82, 2.24) is 4.98 Å². The molecule has 0 unspecified atom stereocenters. The van der Waals surface area contributed by atoms with E-state index >= 15 is 0 Å². The smallest absolute Gasteiger partial charge is 0.408 e. The summed E-state index contributed by atoms with van der Waals surface area (Å²) in [4.78, 5) is 13.7. The molecule has 5 heteroatoms. The van der Waals surface area contributed by atoms with E-state index in [1.807, 2.05) is 24.3 Å². The number of fused-ring (bicyclic) bond motifs is 1. The molecule has 3 rings (SSSR count). The van der Waals surface area contributed by atoms with E-state index in [2.05, 4.69) is 34.6 Å². The standard InChI is InChI=1S/C16H16N2O2.ClH/c19-16-18-14-9-8-13(11-15(14)20-16)17-10-4-7-12-5-2-1-3-6-12;/h1-3,5-6,8-9,11,17H,4,7,10H2,(H,18,19);1H. The van der Waals surface area contributed by atoms with Gasteiger partial charge in [-0.2, -0.15) is 0 Å². The lowest BCUT2D eigenvalue weighted by Gasteiger charge is -2.06. The maximum absolute atomic E-state index is 11.1. The number of hydrogen-bond donors (Lipinski definition) is 2. The van der Waals surface area contributed by atoms with Crippen LogP contribution in [0.25, 0.3) is 11.1 Å². The quantitative estimate of drug-likeness (QED) is 0.708. The molecule has 110 valence electrons. The summed E-state index contributed by atoms with van der Waals surface area (Å²) >= 11 is 0. The summed E-state index contributed by atoms with van der Waals surface area (Å²) in [6.45, 7) is 0.884. The molecule has 0 aliphatic rings. The van der Waals surface area contributed by atoms with Gasteiger partial charge in [-0.1, -0.05) is 30.3 Å². The number of nitrogens with one attached hydrogen (secondary N) is 2. The third kappa shape index (κ3) is 3.89. The normalized spacial score (nSPS) is 10.3. The predicted molar refractivity (Wildman–Crippen MR) is 87.3 cm³/mol. The van der Waals surface area contributed by atoms with Crippen LogP contribution in [-0.4, -0.2) is 11.5 Å².